The minimum atomic E-state index is 0.493. The topological polar surface area (TPSA) is 55.9 Å². The van der Waals surface area contributed by atoms with Gasteiger partial charge in [-0.05, 0) is 59.7 Å². The Kier molecular flexibility index (Phi) is 4.67. The lowest BCUT2D eigenvalue weighted by Crippen LogP contribution is -2.26. The SMILES string of the molecule is C1=NC2=C3N=CC(=N3)N(c3ccccc3)c3cccc(c3)-c3cccc(c3)N(c3ccccc3)C1=N2. The van der Waals surface area contributed by atoms with E-state index in [1.807, 2.05) is 36.4 Å². The third-order valence-electron chi connectivity index (χ3n) is 6.27. The molecule has 4 aromatic rings. The molecule has 0 unspecified atom stereocenters. The molecule has 0 N–H and O–H groups in total. The smallest absolute Gasteiger partial charge is 0.199 e. The molecule has 170 valence electrons. The second kappa shape index (κ2) is 8.29. The molecule has 6 heteroatoms. The van der Waals surface area contributed by atoms with Crippen LogP contribution in [0.15, 0.2) is 141 Å². The highest BCUT2D eigenvalue weighted by molar-refractivity contribution is 6.40. The molecule has 0 radical (unpaired) electrons. The Labute approximate surface area is 208 Å². The Morgan fingerprint density at radius 1 is 0.417 bits per heavy atom. The highest BCUT2D eigenvalue weighted by atomic mass is 15.3. The first kappa shape index (κ1) is 20.3. The predicted octanol–water partition coefficient (Wildman–Crippen LogP) is 6.74. The standard InChI is InChI=1S/C30H20N6/c1-3-11-23(12-4-1)35-25-15-7-9-21(17-25)22-10-8-16-26(18-22)36(24-13-5-2-6-14-24)28-20-32-30(34-28)29-31-19-27(35)33-29/h1-20H. The third-order valence-corrected chi connectivity index (χ3v) is 6.27. The molecule has 0 atom stereocenters. The summed E-state index contributed by atoms with van der Waals surface area (Å²) < 4.78 is 0. The molecule has 0 saturated heterocycles. The van der Waals surface area contributed by atoms with Crippen molar-refractivity contribution in [3.8, 4) is 11.1 Å². The Morgan fingerprint density at radius 3 is 1.28 bits per heavy atom. The second-order valence-electron chi connectivity index (χ2n) is 8.55. The molecule has 3 aliphatic heterocycles. The maximum atomic E-state index is 4.85. The number of rotatable bonds is 2. The van der Waals surface area contributed by atoms with Crippen LogP contribution in [0.25, 0.3) is 11.1 Å². The summed E-state index contributed by atoms with van der Waals surface area (Å²) in [6, 6.07) is 37.4. The number of nitrogens with zero attached hydrogens (tertiary/aromatic N) is 6. The molecule has 3 aliphatic rings. The van der Waals surface area contributed by atoms with Crippen molar-refractivity contribution in [2.24, 2.45) is 20.0 Å². The molecular weight excluding hydrogens is 444 g/mol. The summed E-state index contributed by atoms with van der Waals surface area (Å²) in [7, 11) is 0. The van der Waals surface area contributed by atoms with E-state index in [1.54, 1.807) is 12.4 Å². The summed E-state index contributed by atoms with van der Waals surface area (Å²) >= 11 is 0. The number of amidine groups is 2. The average molecular weight is 465 g/mol. The van der Waals surface area contributed by atoms with Crippen LogP contribution in [-0.2, 0) is 0 Å². The van der Waals surface area contributed by atoms with Crippen molar-refractivity contribution in [2.45, 2.75) is 0 Å². The van der Waals surface area contributed by atoms with E-state index in [1.165, 1.54) is 0 Å². The fourth-order valence-electron chi connectivity index (χ4n) is 4.63. The normalized spacial score (nSPS) is 15.7. The zero-order valence-corrected chi connectivity index (χ0v) is 19.2. The van der Waals surface area contributed by atoms with Gasteiger partial charge in [0.05, 0.1) is 12.4 Å². The molecule has 0 aromatic heterocycles. The van der Waals surface area contributed by atoms with Gasteiger partial charge in [-0.25, -0.2) is 20.0 Å². The van der Waals surface area contributed by atoms with E-state index in [9.17, 15) is 0 Å². The summed E-state index contributed by atoms with van der Waals surface area (Å²) in [5, 5.41) is 0. The van der Waals surface area contributed by atoms with Gasteiger partial charge < -0.3 is 0 Å². The van der Waals surface area contributed by atoms with Crippen molar-refractivity contribution >= 4 is 46.8 Å². The summed E-state index contributed by atoms with van der Waals surface area (Å²) in [5.74, 6) is 2.41. The van der Waals surface area contributed by atoms with E-state index >= 15 is 0 Å². The molecule has 6 nitrogen and oxygen atoms in total. The van der Waals surface area contributed by atoms with Gasteiger partial charge in [0, 0.05) is 22.7 Å². The number of benzene rings is 4. The Balaban J connectivity index is 1.49. The summed E-state index contributed by atoms with van der Waals surface area (Å²) in [6.45, 7) is 0. The lowest BCUT2D eigenvalue weighted by Gasteiger charge is -2.25. The van der Waals surface area contributed by atoms with Gasteiger partial charge >= 0.3 is 0 Å². The van der Waals surface area contributed by atoms with Crippen molar-refractivity contribution in [3.63, 3.8) is 0 Å². The molecule has 0 fully saturated rings. The monoisotopic (exact) mass is 464 g/mol. The number of hydrogen-bond donors (Lipinski definition) is 0. The first-order valence-electron chi connectivity index (χ1n) is 11.7. The average Bonchev–Trinajstić information content (AvgIpc) is 3.61. The molecule has 0 amide bonds. The largest absolute Gasteiger partial charge is 0.294 e. The maximum absolute atomic E-state index is 4.85. The molecule has 36 heavy (non-hydrogen) atoms. The van der Waals surface area contributed by atoms with Crippen LogP contribution in [0.5, 0.6) is 0 Å². The highest BCUT2D eigenvalue weighted by Gasteiger charge is 2.25. The molecule has 3 heterocycles. The van der Waals surface area contributed by atoms with Crippen LogP contribution < -0.4 is 9.80 Å². The van der Waals surface area contributed by atoms with Crippen LogP contribution in [0.1, 0.15) is 0 Å². The van der Waals surface area contributed by atoms with E-state index in [4.69, 9.17) is 9.98 Å². The van der Waals surface area contributed by atoms with Gasteiger partial charge in [0.1, 0.15) is 0 Å². The molecule has 4 aromatic carbocycles. The van der Waals surface area contributed by atoms with Gasteiger partial charge in [0.15, 0.2) is 23.3 Å². The maximum Gasteiger partial charge on any atom is 0.199 e. The van der Waals surface area contributed by atoms with Gasteiger partial charge in [-0.1, -0.05) is 60.7 Å². The first-order chi connectivity index (χ1) is 17.8. The molecule has 0 saturated carbocycles. The number of para-hydroxylation sites is 2. The molecular formula is C30H20N6. The van der Waals surface area contributed by atoms with Crippen molar-refractivity contribution in [1.29, 1.82) is 0 Å². The van der Waals surface area contributed by atoms with Crippen LogP contribution in [0, 0.1) is 0 Å². The molecule has 7 rings (SSSR count). The van der Waals surface area contributed by atoms with Crippen molar-refractivity contribution in [1.82, 2.24) is 0 Å². The van der Waals surface area contributed by atoms with Crippen molar-refractivity contribution in [3.05, 3.63) is 121 Å². The number of aliphatic imine (C=N–C) groups is 4. The van der Waals surface area contributed by atoms with Crippen LogP contribution in [0.4, 0.5) is 22.7 Å². The van der Waals surface area contributed by atoms with Crippen LogP contribution in [0.2, 0.25) is 0 Å². The zero-order valence-electron chi connectivity index (χ0n) is 19.2. The summed E-state index contributed by atoms with van der Waals surface area (Å²) in [4.78, 5) is 23.1. The van der Waals surface area contributed by atoms with E-state index < -0.39 is 0 Å². The predicted molar refractivity (Wildman–Crippen MR) is 148 cm³/mol. The van der Waals surface area contributed by atoms with Gasteiger partial charge in [-0.2, -0.15) is 0 Å². The van der Waals surface area contributed by atoms with Gasteiger partial charge in [-0.15, -0.1) is 0 Å². The van der Waals surface area contributed by atoms with E-state index in [0.717, 1.165) is 33.9 Å². The second-order valence-corrected chi connectivity index (χ2v) is 8.55. The Bertz CT molecular complexity index is 1510. The Morgan fingerprint density at radius 2 is 0.833 bits per heavy atom. The lowest BCUT2D eigenvalue weighted by atomic mass is 10.0. The molecule has 8 bridgehead atoms. The van der Waals surface area contributed by atoms with Crippen molar-refractivity contribution < 1.29 is 0 Å². The van der Waals surface area contributed by atoms with E-state index in [2.05, 4.69) is 92.6 Å². The van der Waals surface area contributed by atoms with Gasteiger partial charge in [0.25, 0.3) is 0 Å². The lowest BCUT2D eigenvalue weighted by molar-refractivity contribution is 1.12. The molecule has 0 aliphatic carbocycles. The van der Waals surface area contributed by atoms with E-state index in [-0.39, 0.29) is 0 Å². The van der Waals surface area contributed by atoms with Crippen LogP contribution >= 0.6 is 0 Å². The summed E-state index contributed by atoms with van der Waals surface area (Å²) in [6.07, 6.45) is 3.55. The number of fused-ring (bicyclic) bond motifs is 7. The number of hydrogen-bond acceptors (Lipinski definition) is 6. The number of anilines is 4. The Hall–Kier alpha value is -5.10. The van der Waals surface area contributed by atoms with Crippen LogP contribution in [-0.4, -0.2) is 24.1 Å². The fraction of sp³-hybridized carbons (Fsp3) is 0. The minimum Gasteiger partial charge on any atom is -0.294 e. The zero-order chi connectivity index (χ0) is 23.9. The molecule has 0 spiro atoms. The highest BCUT2D eigenvalue weighted by Crippen LogP contribution is 2.35. The van der Waals surface area contributed by atoms with Gasteiger partial charge in [0.2, 0.25) is 0 Å². The van der Waals surface area contributed by atoms with E-state index in [0.29, 0.717) is 23.3 Å². The first-order valence-corrected chi connectivity index (χ1v) is 11.7. The summed E-state index contributed by atoms with van der Waals surface area (Å²) in [5.41, 5.74) is 6.21. The third kappa shape index (κ3) is 3.44. The fourth-order valence-corrected chi connectivity index (χ4v) is 4.63. The quantitative estimate of drug-likeness (QED) is 0.330. The van der Waals surface area contributed by atoms with Gasteiger partial charge in [-0.3, -0.25) is 9.80 Å². The van der Waals surface area contributed by atoms with Crippen LogP contribution in [0.3, 0.4) is 0 Å². The minimum absolute atomic E-state index is 0.493. The van der Waals surface area contributed by atoms with Crippen molar-refractivity contribution in [2.75, 3.05) is 9.80 Å².